The van der Waals surface area contributed by atoms with Crippen LogP contribution in [-0.2, 0) is 0 Å². The van der Waals surface area contributed by atoms with E-state index >= 15 is 0 Å². The minimum absolute atomic E-state index is 0.0738. The van der Waals surface area contributed by atoms with Crippen molar-refractivity contribution in [2.24, 2.45) is 0 Å². The first-order chi connectivity index (χ1) is 9.82. The fraction of sp³-hybridized carbons (Fsp3) is 0.250. The van der Waals surface area contributed by atoms with Gasteiger partial charge < -0.3 is 5.11 Å². The highest BCUT2D eigenvalue weighted by atomic mass is 79.9. The number of hydrogen-bond donors (Lipinski definition) is 1. The van der Waals surface area contributed by atoms with Gasteiger partial charge in [-0.25, -0.2) is 9.48 Å². The number of carboxylic acid groups (broad SMARTS) is 1. The predicted octanol–water partition coefficient (Wildman–Crippen LogP) is 2.76. The van der Waals surface area contributed by atoms with Gasteiger partial charge in [-0.05, 0) is 27.9 Å². The summed E-state index contributed by atoms with van der Waals surface area (Å²) in [7, 11) is 0. The summed E-state index contributed by atoms with van der Waals surface area (Å²) in [5.74, 6) is -1.30. The number of aromatic carboxylic acids is 1. The maximum absolute atomic E-state index is 11.2. The van der Waals surface area contributed by atoms with E-state index in [1.54, 1.807) is 0 Å². The number of rotatable bonds is 4. The minimum atomic E-state index is -1.16. The molecule has 0 aliphatic carbocycles. The summed E-state index contributed by atoms with van der Waals surface area (Å²) in [5, 5.41) is 27.4. The molecule has 21 heavy (non-hydrogen) atoms. The van der Waals surface area contributed by atoms with Crippen LogP contribution in [0.2, 0.25) is 0 Å². The molecular formula is C12H11BrN4O4. The number of aromatic nitrogens is 3. The third-order valence-electron chi connectivity index (χ3n) is 2.82. The van der Waals surface area contributed by atoms with Crippen molar-refractivity contribution < 1.29 is 14.8 Å². The quantitative estimate of drug-likeness (QED) is 0.667. The number of halogens is 1. The molecule has 9 heteroatoms. The van der Waals surface area contributed by atoms with Gasteiger partial charge in [-0.15, -0.1) is 5.10 Å². The lowest BCUT2D eigenvalue weighted by molar-refractivity contribution is -0.384. The van der Waals surface area contributed by atoms with E-state index in [4.69, 9.17) is 5.11 Å². The third kappa shape index (κ3) is 2.77. The predicted molar refractivity (Wildman–Crippen MR) is 76.8 cm³/mol. The van der Waals surface area contributed by atoms with Gasteiger partial charge in [-0.2, -0.15) is 0 Å². The van der Waals surface area contributed by atoms with Gasteiger partial charge in [-0.3, -0.25) is 10.1 Å². The van der Waals surface area contributed by atoms with Crippen LogP contribution in [0.5, 0.6) is 0 Å². The molecule has 0 saturated carbocycles. The smallest absolute Gasteiger partial charge is 0.358 e. The van der Waals surface area contributed by atoms with E-state index in [1.165, 1.54) is 22.9 Å². The van der Waals surface area contributed by atoms with Crippen molar-refractivity contribution in [3.63, 3.8) is 0 Å². The van der Waals surface area contributed by atoms with Gasteiger partial charge in [0, 0.05) is 12.1 Å². The highest BCUT2D eigenvalue weighted by Gasteiger charge is 2.23. The van der Waals surface area contributed by atoms with Crippen LogP contribution in [0, 0.1) is 10.1 Å². The van der Waals surface area contributed by atoms with Crippen molar-refractivity contribution in [1.29, 1.82) is 0 Å². The lowest BCUT2D eigenvalue weighted by Crippen LogP contribution is -2.09. The van der Waals surface area contributed by atoms with Crippen LogP contribution >= 0.6 is 15.9 Å². The molecule has 0 aliphatic rings. The molecule has 1 aromatic heterocycles. The molecule has 2 rings (SSSR count). The van der Waals surface area contributed by atoms with Gasteiger partial charge >= 0.3 is 5.97 Å². The van der Waals surface area contributed by atoms with Crippen LogP contribution in [0.15, 0.2) is 22.7 Å². The first-order valence-electron chi connectivity index (χ1n) is 5.96. The molecule has 2 aromatic rings. The number of nitro benzene ring substituents is 1. The number of carbonyl (C=O) groups is 1. The molecular weight excluding hydrogens is 344 g/mol. The van der Waals surface area contributed by atoms with Crippen LogP contribution in [0.25, 0.3) is 5.69 Å². The van der Waals surface area contributed by atoms with E-state index in [-0.39, 0.29) is 17.3 Å². The van der Waals surface area contributed by atoms with E-state index < -0.39 is 10.9 Å². The van der Waals surface area contributed by atoms with E-state index in [1.807, 2.05) is 13.8 Å². The summed E-state index contributed by atoms with van der Waals surface area (Å²) in [6.07, 6.45) is 0. The summed E-state index contributed by atoms with van der Waals surface area (Å²) in [4.78, 5) is 21.4. The Morgan fingerprint density at radius 1 is 1.48 bits per heavy atom. The lowest BCUT2D eigenvalue weighted by atomic mass is 10.1. The molecule has 1 N–H and O–H groups in total. The van der Waals surface area contributed by atoms with Gasteiger partial charge in [0.05, 0.1) is 20.8 Å². The fourth-order valence-electron chi connectivity index (χ4n) is 1.92. The number of carboxylic acids is 1. The Kier molecular flexibility index (Phi) is 4.03. The average molecular weight is 355 g/mol. The molecule has 0 amide bonds. The molecule has 8 nitrogen and oxygen atoms in total. The van der Waals surface area contributed by atoms with Crippen molar-refractivity contribution in [1.82, 2.24) is 15.0 Å². The molecule has 0 saturated heterocycles. The summed E-state index contributed by atoms with van der Waals surface area (Å²) >= 11 is 3.24. The molecule has 0 radical (unpaired) electrons. The number of non-ortho nitro benzene ring substituents is 1. The first kappa shape index (κ1) is 15.1. The normalized spacial score (nSPS) is 10.9. The Labute approximate surface area is 127 Å². The largest absolute Gasteiger partial charge is 0.476 e. The maximum Gasteiger partial charge on any atom is 0.358 e. The van der Waals surface area contributed by atoms with Crippen molar-refractivity contribution in [3.8, 4) is 5.69 Å². The second-order valence-electron chi connectivity index (χ2n) is 4.59. The Balaban J connectivity index is 2.62. The maximum atomic E-state index is 11.2. The zero-order chi connectivity index (χ0) is 15.7. The van der Waals surface area contributed by atoms with Crippen LogP contribution in [-0.4, -0.2) is 31.0 Å². The fourth-order valence-corrected chi connectivity index (χ4v) is 2.45. The Hall–Kier alpha value is -2.29. The molecule has 0 atom stereocenters. The monoisotopic (exact) mass is 354 g/mol. The summed E-state index contributed by atoms with van der Waals surface area (Å²) in [5.41, 5.74) is 0.715. The molecule has 0 bridgehead atoms. The zero-order valence-electron chi connectivity index (χ0n) is 11.1. The SMILES string of the molecule is CC(C)c1c(C(=O)O)nnn1-c1ccc([N+](=O)[O-])cc1Br. The second kappa shape index (κ2) is 5.60. The highest BCUT2D eigenvalue weighted by molar-refractivity contribution is 9.10. The van der Waals surface area contributed by atoms with Crippen LogP contribution in [0.3, 0.4) is 0 Å². The molecule has 1 aromatic carbocycles. The molecule has 0 fully saturated rings. The third-order valence-corrected chi connectivity index (χ3v) is 3.46. The molecule has 0 spiro atoms. The summed E-state index contributed by atoms with van der Waals surface area (Å²) in [6, 6.07) is 4.16. The summed E-state index contributed by atoms with van der Waals surface area (Å²) in [6.45, 7) is 3.64. The van der Waals surface area contributed by atoms with Gasteiger partial charge in [0.15, 0.2) is 5.69 Å². The van der Waals surface area contributed by atoms with Gasteiger partial charge in [0.2, 0.25) is 0 Å². The van der Waals surface area contributed by atoms with E-state index in [9.17, 15) is 14.9 Å². The van der Waals surface area contributed by atoms with Crippen LogP contribution in [0.4, 0.5) is 5.69 Å². The van der Waals surface area contributed by atoms with E-state index in [2.05, 4.69) is 26.2 Å². The van der Waals surface area contributed by atoms with Gasteiger partial charge in [0.25, 0.3) is 5.69 Å². The number of benzene rings is 1. The number of nitro groups is 1. The first-order valence-corrected chi connectivity index (χ1v) is 6.75. The second-order valence-corrected chi connectivity index (χ2v) is 5.44. The molecule has 1 heterocycles. The van der Waals surface area contributed by atoms with Crippen molar-refractivity contribution in [2.45, 2.75) is 19.8 Å². The highest BCUT2D eigenvalue weighted by Crippen LogP contribution is 2.29. The van der Waals surface area contributed by atoms with Crippen molar-refractivity contribution >= 4 is 27.6 Å². The molecule has 0 aliphatic heterocycles. The van der Waals surface area contributed by atoms with E-state index in [0.29, 0.717) is 15.9 Å². The molecule has 110 valence electrons. The number of nitrogens with zero attached hydrogens (tertiary/aromatic N) is 4. The lowest BCUT2D eigenvalue weighted by Gasteiger charge is -2.11. The van der Waals surface area contributed by atoms with Gasteiger partial charge in [0.1, 0.15) is 0 Å². The van der Waals surface area contributed by atoms with Crippen LogP contribution < -0.4 is 0 Å². The minimum Gasteiger partial charge on any atom is -0.476 e. The van der Waals surface area contributed by atoms with Crippen molar-refractivity contribution in [2.75, 3.05) is 0 Å². The topological polar surface area (TPSA) is 111 Å². The molecule has 0 unspecified atom stereocenters. The number of hydrogen-bond acceptors (Lipinski definition) is 5. The van der Waals surface area contributed by atoms with E-state index in [0.717, 1.165) is 0 Å². The Morgan fingerprint density at radius 2 is 2.14 bits per heavy atom. The Morgan fingerprint density at radius 3 is 2.62 bits per heavy atom. The Bertz CT molecular complexity index is 726. The average Bonchev–Trinajstić information content (AvgIpc) is 2.83. The van der Waals surface area contributed by atoms with Crippen LogP contribution in [0.1, 0.15) is 35.9 Å². The summed E-state index contributed by atoms with van der Waals surface area (Å²) < 4.78 is 1.81. The van der Waals surface area contributed by atoms with Crippen molar-refractivity contribution in [3.05, 3.63) is 44.2 Å². The standard InChI is InChI=1S/C12H11BrN4O4/c1-6(2)11-10(12(18)19)14-15-16(11)9-4-3-7(17(20)21)5-8(9)13/h3-6H,1-2H3,(H,18,19). The van der Waals surface area contributed by atoms with Gasteiger partial charge in [-0.1, -0.05) is 19.1 Å². The zero-order valence-corrected chi connectivity index (χ0v) is 12.7.